The minimum absolute atomic E-state index is 0.224. The Hall–Kier alpha value is -1.51. The van der Waals surface area contributed by atoms with Crippen LogP contribution in [-0.4, -0.2) is 24.1 Å². The van der Waals surface area contributed by atoms with Crippen molar-refractivity contribution in [2.24, 2.45) is 5.92 Å². The normalized spacial score (nSPS) is 14.3. The average Bonchev–Trinajstić information content (AvgIpc) is 2.53. The maximum absolute atomic E-state index is 11.8. The van der Waals surface area contributed by atoms with Gasteiger partial charge >= 0.3 is 6.09 Å². The summed E-state index contributed by atoms with van der Waals surface area (Å²) in [6.07, 6.45) is 1.92. The van der Waals surface area contributed by atoms with E-state index in [4.69, 9.17) is 4.74 Å². The molecule has 3 heteroatoms. The summed E-state index contributed by atoms with van der Waals surface area (Å²) in [7, 11) is 0. The second kappa shape index (κ2) is 11.3. The lowest BCUT2D eigenvalue weighted by molar-refractivity contribution is 0.133. The molecule has 0 saturated carbocycles. The fourth-order valence-electron chi connectivity index (χ4n) is 1.85. The van der Waals surface area contributed by atoms with Gasteiger partial charge in [-0.25, -0.2) is 4.79 Å². The summed E-state index contributed by atoms with van der Waals surface area (Å²) in [5.41, 5.74) is 0. The van der Waals surface area contributed by atoms with E-state index in [0.29, 0.717) is 5.75 Å². The first-order chi connectivity index (χ1) is 9.75. The van der Waals surface area contributed by atoms with E-state index in [9.17, 15) is 4.79 Å². The Balaban J connectivity index is 0.000000829. The van der Waals surface area contributed by atoms with Crippen molar-refractivity contribution >= 4 is 6.09 Å². The van der Waals surface area contributed by atoms with Gasteiger partial charge in [0.15, 0.2) is 0 Å². The molecule has 1 heterocycles. The maximum Gasteiger partial charge on any atom is 0.415 e. The molecule has 20 heavy (non-hydrogen) atoms. The van der Waals surface area contributed by atoms with Crippen LogP contribution in [0.2, 0.25) is 0 Å². The van der Waals surface area contributed by atoms with E-state index in [-0.39, 0.29) is 6.09 Å². The highest BCUT2D eigenvalue weighted by Gasteiger charge is 2.21. The van der Waals surface area contributed by atoms with Crippen LogP contribution < -0.4 is 4.74 Å². The van der Waals surface area contributed by atoms with Crippen LogP contribution in [0.4, 0.5) is 4.79 Å². The maximum atomic E-state index is 11.8. The number of carbonyl (C=O) groups is 1. The minimum Gasteiger partial charge on any atom is -0.410 e. The number of benzene rings is 1. The predicted molar refractivity (Wildman–Crippen MR) is 85.1 cm³/mol. The SMILES string of the molecule is CC.CC.CC1CCN(C(=O)Oc2ccccc2)CC1. The zero-order valence-electron chi connectivity index (χ0n) is 13.6. The van der Waals surface area contributed by atoms with Crippen molar-refractivity contribution in [1.82, 2.24) is 4.90 Å². The van der Waals surface area contributed by atoms with Crippen LogP contribution in [-0.2, 0) is 0 Å². The number of likely N-dealkylation sites (tertiary alicyclic amines) is 1. The largest absolute Gasteiger partial charge is 0.415 e. The number of ether oxygens (including phenoxy) is 1. The van der Waals surface area contributed by atoms with Crippen molar-refractivity contribution in [2.75, 3.05) is 13.1 Å². The molecule has 0 N–H and O–H groups in total. The molecule has 3 nitrogen and oxygen atoms in total. The topological polar surface area (TPSA) is 29.5 Å². The lowest BCUT2D eigenvalue weighted by Crippen LogP contribution is -2.39. The van der Waals surface area contributed by atoms with Gasteiger partial charge in [-0.15, -0.1) is 0 Å². The first kappa shape index (κ1) is 18.5. The second-order valence-corrected chi connectivity index (χ2v) is 4.35. The van der Waals surface area contributed by atoms with Crippen molar-refractivity contribution in [3.8, 4) is 5.75 Å². The molecule has 1 saturated heterocycles. The molecule has 1 fully saturated rings. The third-order valence-corrected chi connectivity index (χ3v) is 2.99. The number of hydrogen-bond acceptors (Lipinski definition) is 2. The van der Waals surface area contributed by atoms with Crippen LogP contribution in [0.3, 0.4) is 0 Å². The second-order valence-electron chi connectivity index (χ2n) is 4.35. The minimum atomic E-state index is -0.224. The Bertz CT molecular complexity index is 343. The van der Waals surface area contributed by atoms with E-state index in [1.54, 1.807) is 17.0 Å². The molecule has 0 aromatic heterocycles. The Kier molecular flexibility index (Phi) is 10.5. The molecule has 0 radical (unpaired) electrons. The van der Waals surface area contributed by atoms with E-state index in [1.807, 2.05) is 45.9 Å². The fourth-order valence-corrected chi connectivity index (χ4v) is 1.85. The molecule has 1 aliphatic heterocycles. The fraction of sp³-hybridized carbons (Fsp3) is 0.588. The smallest absolute Gasteiger partial charge is 0.410 e. The van der Waals surface area contributed by atoms with Crippen molar-refractivity contribution in [3.05, 3.63) is 30.3 Å². The zero-order chi connectivity index (χ0) is 15.4. The molecule has 0 unspecified atom stereocenters. The van der Waals surface area contributed by atoms with Gasteiger partial charge in [0.1, 0.15) is 5.75 Å². The Morgan fingerprint density at radius 3 is 2.05 bits per heavy atom. The molecule has 0 aliphatic carbocycles. The van der Waals surface area contributed by atoms with Gasteiger partial charge in [-0.1, -0.05) is 52.8 Å². The molecular formula is C17H29NO2. The molecule has 1 amide bonds. The molecule has 1 aromatic rings. The summed E-state index contributed by atoms with van der Waals surface area (Å²) in [6.45, 7) is 11.8. The van der Waals surface area contributed by atoms with Crippen molar-refractivity contribution in [1.29, 1.82) is 0 Å². The van der Waals surface area contributed by atoms with Crippen LogP contribution in [0.15, 0.2) is 30.3 Å². The number of carbonyl (C=O) groups excluding carboxylic acids is 1. The highest BCUT2D eigenvalue weighted by atomic mass is 16.6. The number of piperidine rings is 1. The van der Waals surface area contributed by atoms with E-state index >= 15 is 0 Å². The van der Waals surface area contributed by atoms with Crippen LogP contribution in [0, 0.1) is 5.92 Å². The summed E-state index contributed by atoms with van der Waals surface area (Å²) < 4.78 is 5.28. The molecule has 0 spiro atoms. The van der Waals surface area contributed by atoms with Crippen molar-refractivity contribution in [2.45, 2.75) is 47.5 Å². The summed E-state index contributed by atoms with van der Waals surface area (Å²) in [4.78, 5) is 13.6. The third-order valence-electron chi connectivity index (χ3n) is 2.99. The lowest BCUT2D eigenvalue weighted by Gasteiger charge is -2.29. The number of hydrogen-bond donors (Lipinski definition) is 0. The summed E-state index contributed by atoms with van der Waals surface area (Å²) in [5.74, 6) is 1.34. The van der Waals surface area contributed by atoms with Gasteiger partial charge in [0.05, 0.1) is 0 Å². The van der Waals surface area contributed by atoms with Gasteiger partial charge < -0.3 is 9.64 Å². The number of amides is 1. The summed E-state index contributed by atoms with van der Waals surface area (Å²) in [6, 6.07) is 9.22. The molecule has 1 aliphatic rings. The van der Waals surface area contributed by atoms with E-state index in [1.165, 1.54) is 0 Å². The van der Waals surface area contributed by atoms with Crippen molar-refractivity contribution in [3.63, 3.8) is 0 Å². The molecule has 0 atom stereocenters. The van der Waals surface area contributed by atoms with Gasteiger partial charge in [0, 0.05) is 13.1 Å². The van der Waals surface area contributed by atoms with Crippen LogP contribution >= 0.6 is 0 Å². The summed E-state index contributed by atoms with van der Waals surface area (Å²) >= 11 is 0. The first-order valence-electron chi connectivity index (χ1n) is 7.77. The van der Waals surface area contributed by atoms with Crippen LogP contribution in [0.25, 0.3) is 0 Å². The quantitative estimate of drug-likeness (QED) is 0.726. The van der Waals surface area contributed by atoms with E-state index < -0.39 is 0 Å². The van der Waals surface area contributed by atoms with Gasteiger partial charge in [-0.3, -0.25) is 0 Å². The van der Waals surface area contributed by atoms with Gasteiger partial charge in [-0.05, 0) is 30.9 Å². The average molecular weight is 279 g/mol. The number of nitrogens with zero attached hydrogens (tertiary/aromatic N) is 1. The lowest BCUT2D eigenvalue weighted by atomic mass is 10.00. The Morgan fingerprint density at radius 2 is 1.55 bits per heavy atom. The number of para-hydroxylation sites is 1. The van der Waals surface area contributed by atoms with Gasteiger partial charge in [0.25, 0.3) is 0 Å². The Morgan fingerprint density at radius 1 is 1.05 bits per heavy atom. The molecule has 114 valence electrons. The monoisotopic (exact) mass is 279 g/mol. The highest BCUT2D eigenvalue weighted by Crippen LogP contribution is 2.18. The van der Waals surface area contributed by atoms with E-state index in [2.05, 4.69) is 6.92 Å². The first-order valence-corrected chi connectivity index (χ1v) is 7.77. The van der Waals surface area contributed by atoms with E-state index in [0.717, 1.165) is 31.8 Å². The van der Waals surface area contributed by atoms with Crippen molar-refractivity contribution < 1.29 is 9.53 Å². The highest BCUT2D eigenvalue weighted by molar-refractivity contribution is 5.70. The third kappa shape index (κ3) is 6.60. The Labute approximate surface area is 123 Å². The summed E-state index contributed by atoms with van der Waals surface area (Å²) in [5, 5.41) is 0. The van der Waals surface area contributed by atoms with Gasteiger partial charge in [-0.2, -0.15) is 0 Å². The van der Waals surface area contributed by atoms with Crippen LogP contribution in [0.5, 0.6) is 5.75 Å². The zero-order valence-corrected chi connectivity index (χ0v) is 13.6. The molecule has 2 rings (SSSR count). The predicted octanol–water partition coefficient (Wildman–Crippen LogP) is 4.97. The van der Waals surface area contributed by atoms with Crippen LogP contribution in [0.1, 0.15) is 47.5 Å². The number of rotatable bonds is 1. The molecule has 1 aromatic carbocycles. The van der Waals surface area contributed by atoms with Gasteiger partial charge in [0.2, 0.25) is 0 Å². The molecular weight excluding hydrogens is 250 g/mol. The standard InChI is InChI=1S/C13H17NO2.2C2H6/c1-11-7-9-14(10-8-11)13(15)16-12-5-3-2-4-6-12;2*1-2/h2-6,11H,7-10H2,1H3;2*1-2H3. The molecule has 0 bridgehead atoms.